The molecular weight excluding hydrogens is 467 g/mol. The number of fused-ring (bicyclic) bond motifs is 3. The van der Waals surface area contributed by atoms with E-state index in [4.69, 9.17) is 23.2 Å². The molecule has 0 bridgehead atoms. The van der Waals surface area contributed by atoms with Crippen molar-refractivity contribution in [2.75, 3.05) is 0 Å². The van der Waals surface area contributed by atoms with Crippen LogP contribution in [0.3, 0.4) is 0 Å². The number of imidazole rings is 1. The highest BCUT2D eigenvalue weighted by molar-refractivity contribution is 9.10. The van der Waals surface area contributed by atoms with Crippen LogP contribution in [-0.2, 0) is 0 Å². The molecule has 0 spiro atoms. The lowest BCUT2D eigenvalue weighted by Crippen LogP contribution is -2.23. The third-order valence-electron chi connectivity index (χ3n) is 3.60. The monoisotopic (exact) mass is 470 g/mol. The minimum Gasteiger partial charge on any atom is -0.267 e. The number of nitro groups is 1. The summed E-state index contributed by atoms with van der Waals surface area (Å²) in [6, 6.07) is 4.29. The van der Waals surface area contributed by atoms with Crippen LogP contribution >= 0.6 is 50.5 Å². The Bertz CT molecular complexity index is 1330. The van der Waals surface area contributed by atoms with Gasteiger partial charge in [-0.1, -0.05) is 34.5 Å². The van der Waals surface area contributed by atoms with E-state index in [1.54, 1.807) is 12.3 Å². The third-order valence-corrected chi connectivity index (χ3v) is 5.63. The molecule has 1 aromatic carbocycles. The Balaban J connectivity index is 1.98. The molecule has 0 aliphatic heterocycles. The van der Waals surface area contributed by atoms with Crippen molar-refractivity contribution in [3.8, 4) is 0 Å². The molecule has 4 aromatic rings. The number of hydrogen-bond donors (Lipinski definition) is 0. The molecule has 0 radical (unpaired) electrons. The highest BCUT2D eigenvalue weighted by atomic mass is 79.9. The molecule has 130 valence electrons. The summed E-state index contributed by atoms with van der Waals surface area (Å²) in [5.41, 5.74) is 0.750. The van der Waals surface area contributed by atoms with Gasteiger partial charge >= 0.3 is 0 Å². The number of pyridine rings is 1. The number of nitro benzene ring substituents is 1. The molecule has 11 heteroatoms. The second kappa shape index (κ2) is 6.27. The summed E-state index contributed by atoms with van der Waals surface area (Å²) in [4.78, 5) is 32.3. The van der Waals surface area contributed by atoms with Crippen LogP contribution in [0.2, 0.25) is 10.0 Å². The van der Waals surface area contributed by atoms with Crippen LogP contribution in [0.25, 0.3) is 22.2 Å². The first-order chi connectivity index (χ1) is 12.3. The number of thiazole rings is 1. The number of aromatic nitrogens is 3. The number of benzene rings is 1. The largest absolute Gasteiger partial charge is 0.288 e. The van der Waals surface area contributed by atoms with Crippen molar-refractivity contribution in [3.63, 3.8) is 0 Å². The Labute approximate surface area is 166 Å². The first-order valence-corrected chi connectivity index (χ1v) is 9.33. The van der Waals surface area contributed by atoms with Crippen molar-refractivity contribution in [1.82, 2.24) is 14.4 Å². The molecule has 0 N–H and O–H groups in total. The standard InChI is InChI=1S/C15H5BrCl2N4O3S/c16-7-3-10-13(19-5-7)21-14(23)12(26-15(21)20-10)2-6-1-11(22(24)25)9(18)4-8(6)17/h1-5H/b12-2-. The first kappa shape index (κ1) is 17.3. The van der Waals surface area contributed by atoms with Crippen LogP contribution in [0.1, 0.15) is 5.56 Å². The van der Waals surface area contributed by atoms with Crippen LogP contribution in [0.4, 0.5) is 5.69 Å². The fourth-order valence-electron chi connectivity index (χ4n) is 2.46. The lowest BCUT2D eigenvalue weighted by molar-refractivity contribution is -0.384. The summed E-state index contributed by atoms with van der Waals surface area (Å²) < 4.78 is 2.49. The minimum atomic E-state index is -0.607. The van der Waals surface area contributed by atoms with E-state index in [1.165, 1.54) is 22.6 Å². The van der Waals surface area contributed by atoms with E-state index < -0.39 is 4.92 Å². The zero-order chi connectivity index (χ0) is 18.6. The van der Waals surface area contributed by atoms with E-state index in [9.17, 15) is 14.9 Å². The van der Waals surface area contributed by atoms with Gasteiger partial charge in [0.1, 0.15) is 10.5 Å². The third kappa shape index (κ3) is 2.77. The zero-order valence-corrected chi connectivity index (χ0v) is 16.4. The van der Waals surface area contributed by atoms with Gasteiger partial charge in [0, 0.05) is 27.3 Å². The number of hydrogen-bond acceptors (Lipinski definition) is 6. The topological polar surface area (TPSA) is 90.4 Å². The molecule has 0 atom stereocenters. The van der Waals surface area contributed by atoms with Gasteiger partial charge in [0.05, 0.1) is 9.46 Å². The summed E-state index contributed by atoms with van der Waals surface area (Å²) >= 11 is 16.4. The van der Waals surface area contributed by atoms with Crippen LogP contribution < -0.4 is 10.1 Å². The molecule has 7 nitrogen and oxygen atoms in total. The molecule has 0 amide bonds. The molecule has 0 aliphatic carbocycles. The summed E-state index contributed by atoms with van der Waals surface area (Å²) in [5.74, 6) is 0. The quantitative estimate of drug-likeness (QED) is 0.327. The minimum absolute atomic E-state index is 0.0683. The van der Waals surface area contributed by atoms with E-state index in [-0.39, 0.29) is 21.3 Å². The Hall–Kier alpha value is -2.07. The molecule has 0 unspecified atom stereocenters. The van der Waals surface area contributed by atoms with Gasteiger partial charge in [0.2, 0.25) is 0 Å². The predicted molar refractivity (Wildman–Crippen MR) is 104 cm³/mol. The SMILES string of the molecule is O=c1/c(=C/c2cc([N+](=O)[O-])c(Cl)cc2Cl)sc2nc3cc(Br)cnc3n12. The van der Waals surface area contributed by atoms with Crippen molar-refractivity contribution in [1.29, 1.82) is 0 Å². The highest BCUT2D eigenvalue weighted by Gasteiger charge is 2.17. The van der Waals surface area contributed by atoms with Gasteiger partial charge < -0.3 is 0 Å². The molecule has 0 fully saturated rings. The van der Waals surface area contributed by atoms with E-state index >= 15 is 0 Å². The smallest absolute Gasteiger partial charge is 0.267 e. The van der Waals surface area contributed by atoms with Gasteiger partial charge in [-0.3, -0.25) is 14.9 Å². The van der Waals surface area contributed by atoms with Crippen molar-refractivity contribution >= 4 is 78.4 Å². The molecular formula is C15H5BrCl2N4O3S. The second-order valence-corrected chi connectivity index (χ2v) is 7.96. The molecule has 3 heterocycles. The van der Waals surface area contributed by atoms with Gasteiger partial charge in [0.25, 0.3) is 11.2 Å². The van der Waals surface area contributed by atoms with E-state index in [0.29, 0.717) is 26.2 Å². The maximum atomic E-state index is 12.7. The van der Waals surface area contributed by atoms with Crippen LogP contribution in [-0.4, -0.2) is 19.3 Å². The summed E-state index contributed by atoms with van der Waals surface area (Å²) in [6.45, 7) is 0. The van der Waals surface area contributed by atoms with Gasteiger partial charge in [-0.25, -0.2) is 14.4 Å². The van der Waals surface area contributed by atoms with E-state index in [1.807, 2.05) is 0 Å². The predicted octanol–water partition coefficient (Wildman–Crippen LogP) is 3.83. The lowest BCUT2D eigenvalue weighted by Gasteiger charge is -2.00. The normalized spacial score (nSPS) is 12.3. The molecule has 0 saturated heterocycles. The number of halogens is 3. The van der Waals surface area contributed by atoms with Crippen molar-refractivity contribution < 1.29 is 4.92 Å². The average Bonchev–Trinajstić information content (AvgIpc) is 3.05. The molecule has 0 aliphatic rings. The molecule has 4 rings (SSSR count). The summed E-state index contributed by atoms with van der Waals surface area (Å²) in [6.07, 6.45) is 3.06. The summed E-state index contributed by atoms with van der Waals surface area (Å²) in [5, 5.41) is 11.2. The first-order valence-electron chi connectivity index (χ1n) is 6.97. The van der Waals surface area contributed by atoms with Gasteiger partial charge in [-0.2, -0.15) is 0 Å². The second-order valence-electron chi connectivity index (χ2n) is 5.22. The maximum absolute atomic E-state index is 12.7. The number of nitrogens with zero attached hydrogens (tertiary/aromatic N) is 4. The van der Waals surface area contributed by atoms with Gasteiger partial charge in [0.15, 0.2) is 10.6 Å². The maximum Gasteiger partial charge on any atom is 0.288 e. The van der Waals surface area contributed by atoms with Crippen LogP contribution in [0, 0.1) is 10.1 Å². The van der Waals surface area contributed by atoms with Gasteiger partial charge in [-0.05, 0) is 34.1 Å². The fourth-order valence-corrected chi connectivity index (χ4v) is 4.25. The Kier molecular flexibility index (Phi) is 4.19. The summed E-state index contributed by atoms with van der Waals surface area (Å²) in [7, 11) is 0. The average molecular weight is 472 g/mol. The van der Waals surface area contributed by atoms with Crippen LogP contribution in [0.15, 0.2) is 33.7 Å². The van der Waals surface area contributed by atoms with E-state index in [2.05, 4.69) is 25.9 Å². The molecule has 0 saturated carbocycles. The van der Waals surface area contributed by atoms with Gasteiger partial charge in [-0.15, -0.1) is 0 Å². The molecule has 26 heavy (non-hydrogen) atoms. The lowest BCUT2D eigenvalue weighted by atomic mass is 10.2. The van der Waals surface area contributed by atoms with Crippen molar-refractivity contribution in [2.45, 2.75) is 0 Å². The van der Waals surface area contributed by atoms with Crippen molar-refractivity contribution in [3.05, 3.63) is 69.5 Å². The van der Waals surface area contributed by atoms with Crippen LogP contribution in [0.5, 0.6) is 0 Å². The number of rotatable bonds is 2. The Morgan fingerprint density at radius 2 is 2.04 bits per heavy atom. The van der Waals surface area contributed by atoms with E-state index in [0.717, 1.165) is 15.8 Å². The highest BCUT2D eigenvalue weighted by Crippen LogP contribution is 2.31. The zero-order valence-electron chi connectivity index (χ0n) is 12.4. The Morgan fingerprint density at radius 1 is 1.27 bits per heavy atom. The Morgan fingerprint density at radius 3 is 2.77 bits per heavy atom. The fraction of sp³-hybridized carbons (Fsp3) is 0. The molecule has 3 aromatic heterocycles. The van der Waals surface area contributed by atoms with Crippen molar-refractivity contribution in [2.24, 2.45) is 0 Å².